The molecule has 100 valence electrons. The average molecular weight is 322 g/mol. The highest BCUT2D eigenvalue weighted by molar-refractivity contribution is 9.10. The molecule has 2 rings (SSSR count). The molecule has 1 aromatic heterocycles. The van der Waals surface area contributed by atoms with Crippen LogP contribution in [0.5, 0.6) is 0 Å². The van der Waals surface area contributed by atoms with E-state index in [2.05, 4.69) is 26.2 Å². The Hall–Kier alpha value is -1.46. The normalized spacial score (nSPS) is 12.5. The number of benzene rings is 1. The van der Waals surface area contributed by atoms with E-state index in [4.69, 9.17) is 5.73 Å². The number of hydrogen-bond acceptors (Lipinski definition) is 3. The van der Waals surface area contributed by atoms with E-state index >= 15 is 0 Å². The van der Waals surface area contributed by atoms with E-state index < -0.39 is 0 Å². The van der Waals surface area contributed by atoms with Crippen LogP contribution >= 0.6 is 15.9 Å². The molecule has 0 saturated heterocycles. The number of amides is 1. The lowest BCUT2D eigenvalue weighted by Gasteiger charge is -2.18. The zero-order valence-corrected chi connectivity index (χ0v) is 12.3. The number of halogens is 1. The van der Waals surface area contributed by atoms with Crippen molar-refractivity contribution in [2.75, 3.05) is 6.54 Å². The van der Waals surface area contributed by atoms with Crippen molar-refractivity contribution in [2.45, 2.75) is 19.4 Å². The summed E-state index contributed by atoms with van der Waals surface area (Å²) in [6.45, 7) is 2.77. The molecule has 0 aliphatic carbocycles. The van der Waals surface area contributed by atoms with Crippen LogP contribution in [0, 0.1) is 0 Å². The van der Waals surface area contributed by atoms with Gasteiger partial charge in [-0.2, -0.15) is 0 Å². The fourth-order valence-electron chi connectivity index (χ4n) is 2.18. The zero-order chi connectivity index (χ0) is 13.8. The molecule has 0 saturated carbocycles. The Morgan fingerprint density at radius 1 is 1.47 bits per heavy atom. The first kappa shape index (κ1) is 14.0. The molecule has 0 aliphatic rings. The van der Waals surface area contributed by atoms with Crippen molar-refractivity contribution in [1.82, 2.24) is 10.3 Å². The lowest BCUT2D eigenvalue weighted by Crippen LogP contribution is -2.26. The summed E-state index contributed by atoms with van der Waals surface area (Å²) in [6, 6.07) is 7.75. The molecular formula is C14H16BrN3O. The number of fused-ring (bicyclic) bond motifs is 1. The van der Waals surface area contributed by atoms with E-state index in [0.717, 1.165) is 27.5 Å². The van der Waals surface area contributed by atoms with Gasteiger partial charge in [0.1, 0.15) is 0 Å². The van der Waals surface area contributed by atoms with Crippen LogP contribution in [0.15, 0.2) is 34.9 Å². The molecule has 0 spiro atoms. The molecule has 0 bridgehead atoms. The van der Waals surface area contributed by atoms with E-state index in [1.165, 1.54) is 0 Å². The largest absolute Gasteiger partial charge is 0.370 e. The summed E-state index contributed by atoms with van der Waals surface area (Å²) in [7, 11) is 0. The zero-order valence-electron chi connectivity index (χ0n) is 10.7. The highest BCUT2D eigenvalue weighted by Gasteiger charge is 2.17. The Bertz CT molecular complexity index is 600. The first-order valence-corrected chi connectivity index (χ1v) is 6.97. The SMILES string of the molecule is CCNC(CC(N)=O)c1ccc(Br)c2cccnc12. The summed E-state index contributed by atoms with van der Waals surface area (Å²) in [5.74, 6) is -0.321. The van der Waals surface area contributed by atoms with Crippen molar-refractivity contribution in [3.05, 3.63) is 40.5 Å². The van der Waals surface area contributed by atoms with E-state index in [1.54, 1.807) is 6.20 Å². The minimum Gasteiger partial charge on any atom is -0.370 e. The molecule has 4 nitrogen and oxygen atoms in total. The summed E-state index contributed by atoms with van der Waals surface area (Å²) in [4.78, 5) is 15.6. The van der Waals surface area contributed by atoms with Crippen LogP contribution in [0.3, 0.4) is 0 Å². The Balaban J connectivity index is 2.53. The number of nitrogens with one attached hydrogen (secondary N) is 1. The second-order valence-corrected chi connectivity index (χ2v) is 5.17. The van der Waals surface area contributed by atoms with Crippen LogP contribution < -0.4 is 11.1 Å². The molecule has 1 aromatic carbocycles. The van der Waals surface area contributed by atoms with Crippen LogP contribution in [0.4, 0.5) is 0 Å². The van der Waals surface area contributed by atoms with Crippen molar-refractivity contribution in [3.8, 4) is 0 Å². The molecule has 1 amide bonds. The van der Waals surface area contributed by atoms with Gasteiger partial charge in [0, 0.05) is 28.5 Å². The number of nitrogens with zero attached hydrogens (tertiary/aromatic N) is 1. The quantitative estimate of drug-likeness (QED) is 0.889. The van der Waals surface area contributed by atoms with Gasteiger partial charge in [-0.25, -0.2) is 0 Å². The van der Waals surface area contributed by atoms with Crippen LogP contribution in [0.2, 0.25) is 0 Å². The van der Waals surface area contributed by atoms with Crippen molar-refractivity contribution in [2.24, 2.45) is 5.73 Å². The third kappa shape index (κ3) is 3.11. The highest BCUT2D eigenvalue weighted by atomic mass is 79.9. The van der Waals surface area contributed by atoms with Gasteiger partial charge in [-0.3, -0.25) is 9.78 Å². The van der Waals surface area contributed by atoms with Gasteiger partial charge in [-0.05, 0) is 24.2 Å². The molecule has 0 radical (unpaired) electrons. The summed E-state index contributed by atoms with van der Waals surface area (Å²) < 4.78 is 0.994. The summed E-state index contributed by atoms with van der Waals surface area (Å²) in [5.41, 5.74) is 7.22. The number of carbonyl (C=O) groups is 1. The van der Waals surface area contributed by atoms with E-state index in [9.17, 15) is 4.79 Å². The smallest absolute Gasteiger partial charge is 0.219 e. The van der Waals surface area contributed by atoms with Crippen LogP contribution in [0.25, 0.3) is 10.9 Å². The first-order chi connectivity index (χ1) is 9.13. The molecule has 3 N–H and O–H groups in total. The minimum atomic E-state index is -0.321. The number of hydrogen-bond donors (Lipinski definition) is 2. The molecule has 0 fully saturated rings. The van der Waals surface area contributed by atoms with Crippen molar-refractivity contribution in [1.29, 1.82) is 0 Å². The predicted octanol–water partition coefficient (Wildman–Crippen LogP) is 2.52. The molecule has 1 heterocycles. The second kappa shape index (κ2) is 6.12. The van der Waals surface area contributed by atoms with Crippen LogP contribution in [-0.2, 0) is 4.79 Å². The Labute approximate surface area is 120 Å². The van der Waals surface area contributed by atoms with Gasteiger partial charge in [0.15, 0.2) is 0 Å². The molecule has 1 unspecified atom stereocenters. The number of aromatic nitrogens is 1. The molecule has 19 heavy (non-hydrogen) atoms. The fraction of sp³-hybridized carbons (Fsp3) is 0.286. The molecule has 1 atom stereocenters. The number of primary amides is 1. The molecule has 0 aliphatic heterocycles. The monoisotopic (exact) mass is 321 g/mol. The van der Waals surface area contributed by atoms with Crippen LogP contribution in [0.1, 0.15) is 24.9 Å². The molecular weight excluding hydrogens is 306 g/mol. The lowest BCUT2D eigenvalue weighted by molar-refractivity contribution is -0.118. The standard InChI is InChI=1S/C14H16BrN3O/c1-2-17-12(8-13(16)19)10-5-6-11(15)9-4-3-7-18-14(9)10/h3-7,12,17H,2,8H2,1H3,(H2,16,19). The third-order valence-corrected chi connectivity index (χ3v) is 3.67. The van der Waals surface area contributed by atoms with E-state index in [1.807, 2.05) is 31.2 Å². The van der Waals surface area contributed by atoms with Gasteiger partial charge in [0.2, 0.25) is 5.91 Å². The first-order valence-electron chi connectivity index (χ1n) is 6.18. The Morgan fingerprint density at radius 3 is 2.95 bits per heavy atom. The summed E-state index contributed by atoms with van der Waals surface area (Å²) in [5, 5.41) is 4.32. The predicted molar refractivity (Wildman–Crippen MR) is 79.7 cm³/mol. The Morgan fingerprint density at radius 2 is 2.26 bits per heavy atom. The highest BCUT2D eigenvalue weighted by Crippen LogP contribution is 2.29. The third-order valence-electron chi connectivity index (χ3n) is 2.98. The average Bonchev–Trinajstić information content (AvgIpc) is 2.39. The van der Waals surface area contributed by atoms with E-state index in [0.29, 0.717) is 0 Å². The topological polar surface area (TPSA) is 68.0 Å². The minimum absolute atomic E-state index is 0.104. The van der Waals surface area contributed by atoms with Gasteiger partial charge in [-0.1, -0.05) is 35.0 Å². The lowest BCUT2D eigenvalue weighted by atomic mass is 10.00. The van der Waals surface area contributed by atoms with Gasteiger partial charge >= 0.3 is 0 Å². The number of nitrogens with two attached hydrogens (primary N) is 1. The number of pyridine rings is 1. The van der Waals surface area contributed by atoms with Crippen LogP contribution in [-0.4, -0.2) is 17.4 Å². The van der Waals surface area contributed by atoms with Gasteiger partial charge in [0.25, 0.3) is 0 Å². The van der Waals surface area contributed by atoms with Crippen molar-refractivity contribution < 1.29 is 4.79 Å². The summed E-state index contributed by atoms with van der Waals surface area (Å²) >= 11 is 3.52. The fourth-order valence-corrected chi connectivity index (χ4v) is 2.63. The maximum atomic E-state index is 11.2. The molecule has 5 heteroatoms. The van der Waals surface area contributed by atoms with Gasteiger partial charge in [0.05, 0.1) is 5.52 Å². The van der Waals surface area contributed by atoms with Gasteiger partial charge in [-0.15, -0.1) is 0 Å². The number of rotatable bonds is 5. The summed E-state index contributed by atoms with van der Waals surface area (Å²) in [6.07, 6.45) is 2.02. The van der Waals surface area contributed by atoms with Crippen molar-refractivity contribution in [3.63, 3.8) is 0 Å². The van der Waals surface area contributed by atoms with Gasteiger partial charge < -0.3 is 11.1 Å². The second-order valence-electron chi connectivity index (χ2n) is 4.32. The maximum absolute atomic E-state index is 11.2. The van der Waals surface area contributed by atoms with E-state index in [-0.39, 0.29) is 18.4 Å². The molecule has 2 aromatic rings. The number of carbonyl (C=O) groups excluding carboxylic acids is 1. The van der Waals surface area contributed by atoms with Crippen molar-refractivity contribution >= 4 is 32.7 Å². The Kier molecular flexibility index (Phi) is 4.50. The maximum Gasteiger partial charge on any atom is 0.219 e.